The van der Waals surface area contributed by atoms with E-state index in [1.54, 1.807) is 5.38 Å². The lowest BCUT2D eigenvalue weighted by molar-refractivity contribution is -0.136. The standard InChI is InChI=1S/C13H18N2O3S/c16-11(14-9-4-2-1-3-5-9)7-12-15-10(8-19-12)6-13(17)18/h8-9H,1-7H2,(H,14,16)(H,17,18). The SMILES string of the molecule is O=C(O)Cc1csc(CC(=O)NC2CCCCC2)n1. The van der Waals surface area contributed by atoms with Gasteiger partial charge in [-0.2, -0.15) is 0 Å². The molecule has 0 unspecified atom stereocenters. The Morgan fingerprint density at radius 1 is 1.32 bits per heavy atom. The lowest BCUT2D eigenvalue weighted by atomic mass is 9.95. The summed E-state index contributed by atoms with van der Waals surface area (Å²) in [6.45, 7) is 0. The summed E-state index contributed by atoms with van der Waals surface area (Å²) in [5, 5.41) is 14.1. The van der Waals surface area contributed by atoms with Gasteiger partial charge in [0.2, 0.25) is 5.91 Å². The Kier molecular flexibility index (Phi) is 4.90. The maximum absolute atomic E-state index is 11.9. The van der Waals surface area contributed by atoms with Crippen LogP contribution in [-0.4, -0.2) is 28.0 Å². The largest absolute Gasteiger partial charge is 0.481 e. The number of carbonyl (C=O) groups is 2. The fraction of sp³-hybridized carbons (Fsp3) is 0.615. The number of rotatable bonds is 5. The minimum Gasteiger partial charge on any atom is -0.481 e. The summed E-state index contributed by atoms with van der Waals surface area (Å²) in [5.74, 6) is -0.911. The molecule has 1 heterocycles. The van der Waals surface area contributed by atoms with E-state index < -0.39 is 5.97 Å². The van der Waals surface area contributed by atoms with Crippen LogP contribution in [0.25, 0.3) is 0 Å². The van der Waals surface area contributed by atoms with Crippen LogP contribution >= 0.6 is 11.3 Å². The van der Waals surface area contributed by atoms with E-state index in [-0.39, 0.29) is 18.7 Å². The number of hydrogen-bond donors (Lipinski definition) is 2. The third kappa shape index (κ3) is 4.63. The van der Waals surface area contributed by atoms with Gasteiger partial charge in [0.15, 0.2) is 0 Å². The van der Waals surface area contributed by atoms with Gasteiger partial charge in [-0.05, 0) is 12.8 Å². The summed E-state index contributed by atoms with van der Waals surface area (Å²) >= 11 is 1.35. The molecule has 1 aromatic heterocycles. The highest BCUT2D eigenvalue weighted by Crippen LogP contribution is 2.18. The van der Waals surface area contributed by atoms with Gasteiger partial charge in [0, 0.05) is 11.4 Å². The van der Waals surface area contributed by atoms with Gasteiger partial charge in [0.25, 0.3) is 0 Å². The Morgan fingerprint density at radius 2 is 2.05 bits per heavy atom. The minimum absolute atomic E-state index is 0.0110. The van der Waals surface area contributed by atoms with Gasteiger partial charge < -0.3 is 10.4 Å². The van der Waals surface area contributed by atoms with E-state index in [1.165, 1.54) is 30.6 Å². The predicted molar refractivity (Wildman–Crippen MR) is 72.2 cm³/mol. The first-order valence-electron chi connectivity index (χ1n) is 6.58. The van der Waals surface area contributed by atoms with Crippen molar-refractivity contribution >= 4 is 23.2 Å². The fourth-order valence-electron chi connectivity index (χ4n) is 2.33. The van der Waals surface area contributed by atoms with Crippen LogP contribution in [0.5, 0.6) is 0 Å². The zero-order valence-corrected chi connectivity index (χ0v) is 11.5. The first-order valence-corrected chi connectivity index (χ1v) is 7.46. The minimum atomic E-state index is -0.900. The molecule has 104 valence electrons. The first-order chi connectivity index (χ1) is 9.13. The first kappa shape index (κ1) is 14.0. The zero-order valence-electron chi connectivity index (χ0n) is 10.7. The Morgan fingerprint density at radius 3 is 2.74 bits per heavy atom. The highest BCUT2D eigenvalue weighted by molar-refractivity contribution is 7.09. The molecule has 6 heteroatoms. The molecule has 1 fully saturated rings. The van der Waals surface area contributed by atoms with Gasteiger partial charge >= 0.3 is 5.97 Å². The molecule has 19 heavy (non-hydrogen) atoms. The number of thiazole rings is 1. The van der Waals surface area contributed by atoms with Crippen molar-refractivity contribution in [2.45, 2.75) is 51.0 Å². The number of nitrogens with one attached hydrogen (secondary N) is 1. The molecule has 0 radical (unpaired) electrons. The van der Waals surface area contributed by atoms with Crippen LogP contribution in [0.1, 0.15) is 42.8 Å². The molecule has 1 aliphatic rings. The molecule has 0 atom stereocenters. The van der Waals surface area contributed by atoms with Crippen molar-refractivity contribution in [3.63, 3.8) is 0 Å². The molecule has 5 nitrogen and oxygen atoms in total. The number of carboxylic acids is 1. The predicted octanol–water partition coefficient (Wildman–Crippen LogP) is 1.76. The zero-order chi connectivity index (χ0) is 13.7. The third-order valence-corrected chi connectivity index (χ3v) is 4.11. The van der Waals surface area contributed by atoms with E-state index in [4.69, 9.17) is 5.11 Å². The van der Waals surface area contributed by atoms with Gasteiger partial charge in [-0.3, -0.25) is 9.59 Å². The molecule has 0 aromatic carbocycles. The van der Waals surface area contributed by atoms with Crippen molar-refractivity contribution in [3.8, 4) is 0 Å². The molecule has 0 spiro atoms. The normalized spacial score (nSPS) is 16.2. The number of aromatic nitrogens is 1. The van der Waals surface area contributed by atoms with Gasteiger partial charge in [0.1, 0.15) is 5.01 Å². The number of aliphatic carboxylic acids is 1. The van der Waals surface area contributed by atoms with Crippen LogP contribution in [0.2, 0.25) is 0 Å². The third-order valence-electron chi connectivity index (χ3n) is 3.21. The number of amides is 1. The summed E-state index contributed by atoms with van der Waals surface area (Å²) in [5.41, 5.74) is 0.526. The monoisotopic (exact) mass is 282 g/mol. The van der Waals surface area contributed by atoms with Gasteiger partial charge in [0.05, 0.1) is 18.5 Å². The maximum atomic E-state index is 11.9. The van der Waals surface area contributed by atoms with Crippen LogP contribution in [-0.2, 0) is 22.4 Å². The van der Waals surface area contributed by atoms with Crippen molar-refractivity contribution in [2.75, 3.05) is 0 Å². The Labute approximate surface area is 116 Å². The van der Waals surface area contributed by atoms with E-state index in [1.807, 2.05) is 0 Å². The van der Waals surface area contributed by atoms with Crippen LogP contribution in [0.15, 0.2) is 5.38 Å². The molecule has 2 N–H and O–H groups in total. The molecular formula is C13H18N2O3S. The molecule has 1 saturated carbocycles. The molecule has 0 saturated heterocycles. The average Bonchev–Trinajstić information content (AvgIpc) is 2.76. The van der Waals surface area contributed by atoms with Crippen molar-refractivity contribution in [3.05, 3.63) is 16.1 Å². The number of carbonyl (C=O) groups excluding carboxylic acids is 1. The second-order valence-corrected chi connectivity index (χ2v) is 5.82. The highest BCUT2D eigenvalue weighted by atomic mass is 32.1. The fourth-order valence-corrected chi connectivity index (χ4v) is 3.12. The molecular weight excluding hydrogens is 264 g/mol. The highest BCUT2D eigenvalue weighted by Gasteiger charge is 2.16. The molecule has 0 aliphatic heterocycles. The number of carboxylic acid groups (broad SMARTS) is 1. The molecule has 1 aromatic rings. The second-order valence-electron chi connectivity index (χ2n) is 4.88. The average molecular weight is 282 g/mol. The van der Waals surface area contributed by atoms with Gasteiger partial charge in [-0.1, -0.05) is 19.3 Å². The lowest BCUT2D eigenvalue weighted by Gasteiger charge is -2.22. The van der Waals surface area contributed by atoms with E-state index in [0.717, 1.165) is 12.8 Å². The summed E-state index contributed by atoms with van der Waals surface area (Å²) in [6.07, 6.45) is 5.93. The van der Waals surface area contributed by atoms with Crippen molar-refractivity contribution in [1.82, 2.24) is 10.3 Å². The van der Waals surface area contributed by atoms with E-state index in [9.17, 15) is 9.59 Å². The molecule has 1 aliphatic carbocycles. The Hall–Kier alpha value is -1.43. The Balaban J connectivity index is 1.81. The van der Waals surface area contributed by atoms with E-state index in [0.29, 0.717) is 16.7 Å². The number of nitrogens with zero attached hydrogens (tertiary/aromatic N) is 1. The van der Waals surface area contributed by atoms with Crippen LogP contribution in [0.4, 0.5) is 0 Å². The number of hydrogen-bond acceptors (Lipinski definition) is 4. The van der Waals surface area contributed by atoms with Crippen molar-refractivity contribution in [2.24, 2.45) is 0 Å². The summed E-state index contributed by atoms with van der Waals surface area (Å²) < 4.78 is 0. The molecule has 1 amide bonds. The van der Waals surface area contributed by atoms with Crippen molar-refractivity contribution < 1.29 is 14.7 Å². The van der Waals surface area contributed by atoms with Crippen LogP contribution < -0.4 is 5.32 Å². The molecule has 2 rings (SSSR count). The van der Waals surface area contributed by atoms with Gasteiger partial charge in [-0.25, -0.2) is 4.98 Å². The van der Waals surface area contributed by atoms with Crippen LogP contribution in [0, 0.1) is 0 Å². The van der Waals surface area contributed by atoms with Crippen LogP contribution in [0.3, 0.4) is 0 Å². The van der Waals surface area contributed by atoms with E-state index in [2.05, 4.69) is 10.3 Å². The van der Waals surface area contributed by atoms with E-state index >= 15 is 0 Å². The molecule has 0 bridgehead atoms. The topological polar surface area (TPSA) is 79.3 Å². The maximum Gasteiger partial charge on any atom is 0.309 e. The smallest absolute Gasteiger partial charge is 0.309 e. The summed E-state index contributed by atoms with van der Waals surface area (Å²) in [7, 11) is 0. The summed E-state index contributed by atoms with van der Waals surface area (Å²) in [4.78, 5) is 26.6. The Bertz CT molecular complexity index is 452. The summed E-state index contributed by atoms with van der Waals surface area (Å²) in [6, 6.07) is 0.305. The lowest BCUT2D eigenvalue weighted by Crippen LogP contribution is -2.37. The van der Waals surface area contributed by atoms with Crippen molar-refractivity contribution in [1.29, 1.82) is 0 Å². The van der Waals surface area contributed by atoms with Gasteiger partial charge in [-0.15, -0.1) is 11.3 Å². The second kappa shape index (κ2) is 6.65. The quantitative estimate of drug-likeness (QED) is 0.862.